The number of ether oxygens (including phenoxy) is 2. The second-order valence-corrected chi connectivity index (χ2v) is 5.95. The first-order valence-corrected chi connectivity index (χ1v) is 8.41. The van der Waals surface area contributed by atoms with Gasteiger partial charge >= 0.3 is 0 Å². The number of nitrogens with one attached hydrogen (secondary N) is 1. The molecular formula is C19H27N5O2. The van der Waals surface area contributed by atoms with E-state index < -0.39 is 0 Å². The first kappa shape index (κ1) is 19.4. The second-order valence-electron chi connectivity index (χ2n) is 5.95. The van der Waals surface area contributed by atoms with Crippen molar-refractivity contribution in [2.24, 2.45) is 10.7 Å². The van der Waals surface area contributed by atoms with Crippen LogP contribution < -0.4 is 25.4 Å². The zero-order valence-electron chi connectivity index (χ0n) is 15.8. The lowest BCUT2D eigenvalue weighted by Crippen LogP contribution is -2.33. The Morgan fingerprint density at radius 1 is 1.15 bits per heavy atom. The summed E-state index contributed by atoms with van der Waals surface area (Å²) in [4.78, 5) is 10.8. The van der Waals surface area contributed by atoms with Gasteiger partial charge in [-0.3, -0.25) is 0 Å². The van der Waals surface area contributed by atoms with Gasteiger partial charge < -0.3 is 25.4 Å². The molecule has 0 radical (unpaired) electrons. The van der Waals surface area contributed by atoms with Crippen molar-refractivity contribution in [3.63, 3.8) is 0 Å². The summed E-state index contributed by atoms with van der Waals surface area (Å²) in [7, 11) is 7.17. The first-order valence-electron chi connectivity index (χ1n) is 8.41. The maximum Gasteiger partial charge on any atom is 0.188 e. The summed E-state index contributed by atoms with van der Waals surface area (Å²) in [5, 5.41) is 3.12. The molecule has 7 heteroatoms. The largest absolute Gasteiger partial charge is 0.493 e. The fourth-order valence-corrected chi connectivity index (χ4v) is 2.40. The lowest BCUT2D eigenvalue weighted by Gasteiger charge is -2.12. The fraction of sp³-hybridized carbons (Fsp3) is 0.368. The molecule has 0 fully saturated rings. The average Bonchev–Trinajstić information content (AvgIpc) is 2.66. The van der Waals surface area contributed by atoms with Crippen LogP contribution in [0.2, 0.25) is 0 Å². The van der Waals surface area contributed by atoms with Crippen molar-refractivity contribution in [2.45, 2.75) is 13.0 Å². The molecule has 3 N–H and O–H groups in total. The fourth-order valence-electron chi connectivity index (χ4n) is 2.40. The molecule has 1 aromatic heterocycles. The van der Waals surface area contributed by atoms with E-state index in [1.807, 2.05) is 55.4 Å². The number of guanidine groups is 1. The zero-order chi connectivity index (χ0) is 18.9. The molecule has 0 unspecified atom stereocenters. The van der Waals surface area contributed by atoms with Crippen molar-refractivity contribution < 1.29 is 9.47 Å². The van der Waals surface area contributed by atoms with E-state index in [0.29, 0.717) is 19.0 Å². The number of nitrogens with two attached hydrogens (primary N) is 1. The average molecular weight is 357 g/mol. The first-order chi connectivity index (χ1) is 12.5. The van der Waals surface area contributed by atoms with Crippen LogP contribution in [0.4, 0.5) is 5.82 Å². The molecule has 0 saturated heterocycles. The van der Waals surface area contributed by atoms with Crippen LogP contribution in [0.15, 0.2) is 41.4 Å². The van der Waals surface area contributed by atoms with Gasteiger partial charge in [-0.05, 0) is 36.2 Å². The third kappa shape index (κ3) is 5.54. The monoisotopic (exact) mass is 357 g/mol. The Labute approximate surface area is 154 Å². The molecule has 0 aliphatic heterocycles. The van der Waals surface area contributed by atoms with E-state index in [1.54, 1.807) is 14.2 Å². The third-order valence-electron chi connectivity index (χ3n) is 3.83. The quantitative estimate of drug-likeness (QED) is 0.554. The number of hydrogen-bond acceptors (Lipinski definition) is 5. The van der Waals surface area contributed by atoms with Gasteiger partial charge in [0.25, 0.3) is 0 Å². The highest BCUT2D eigenvalue weighted by molar-refractivity contribution is 5.77. The SMILES string of the molecule is COc1ccc(CCNC(N)=NCc2cccc(N(C)C)n2)cc1OC. The number of hydrogen-bond donors (Lipinski definition) is 2. The molecule has 26 heavy (non-hydrogen) atoms. The van der Waals surface area contributed by atoms with Crippen molar-refractivity contribution in [2.75, 3.05) is 39.8 Å². The summed E-state index contributed by atoms with van der Waals surface area (Å²) in [5.41, 5.74) is 7.95. The topological polar surface area (TPSA) is 85.0 Å². The molecule has 0 atom stereocenters. The number of methoxy groups -OCH3 is 2. The van der Waals surface area contributed by atoms with Gasteiger partial charge in [0.2, 0.25) is 0 Å². The van der Waals surface area contributed by atoms with Crippen molar-refractivity contribution in [3.8, 4) is 11.5 Å². The number of anilines is 1. The summed E-state index contributed by atoms with van der Waals surface area (Å²) < 4.78 is 10.6. The minimum absolute atomic E-state index is 0.405. The number of pyridine rings is 1. The predicted molar refractivity (Wildman–Crippen MR) is 105 cm³/mol. The molecule has 7 nitrogen and oxygen atoms in total. The van der Waals surface area contributed by atoms with Crippen LogP contribution in [0.1, 0.15) is 11.3 Å². The van der Waals surface area contributed by atoms with Gasteiger partial charge in [-0.15, -0.1) is 0 Å². The maximum atomic E-state index is 5.94. The van der Waals surface area contributed by atoms with Crippen LogP contribution in [0.3, 0.4) is 0 Å². The Morgan fingerprint density at radius 3 is 2.62 bits per heavy atom. The van der Waals surface area contributed by atoms with E-state index in [4.69, 9.17) is 15.2 Å². The standard InChI is InChI=1S/C19H27N5O2/c1-24(2)18-7-5-6-15(23-18)13-22-19(20)21-11-10-14-8-9-16(25-3)17(12-14)26-4/h5-9,12H,10-11,13H2,1-4H3,(H3,20,21,22). The van der Waals surface area contributed by atoms with E-state index >= 15 is 0 Å². The Hall–Kier alpha value is -2.96. The van der Waals surface area contributed by atoms with E-state index in [-0.39, 0.29) is 0 Å². The smallest absolute Gasteiger partial charge is 0.188 e. The molecule has 0 bridgehead atoms. The van der Waals surface area contributed by atoms with Gasteiger partial charge in [0.05, 0.1) is 26.5 Å². The molecule has 0 saturated carbocycles. The van der Waals surface area contributed by atoms with Crippen molar-refractivity contribution in [1.82, 2.24) is 10.3 Å². The molecule has 0 amide bonds. The van der Waals surface area contributed by atoms with Crippen molar-refractivity contribution >= 4 is 11.8 Å². The van der Waals surface area contributed by atoms with Crippen molar-refractivity contribution in [1.29, 1.82) is 0 Å². The Balaban J connectivity index is 1.85. The zero-order valence-corrected chi connectivity index (χ0v) is 15.8. The van der Waals surface area contributed by atoms with E-state index in [9.17, 15) is 0 Å². The van der Waals surface area contributed by atoms with Crippen LogP contribution in [0.5, 0.6) is 11.5 Å². The summed E-state index contributed by atoms with van der Waals surface area (Å²) in [6.45, 7) is 1.12. The van der Waals surface area contributed by atoms with Crippen LogP contribution >= 0.6 is 0 Å². The molecule has 2 aromatic rings. The van der Waals surface area contributed by atoms with Gasteiger partial charge in [-0.2, -0.15) is 0 Å². The predicted octanol–water partition coefficient (Wildman–Crippen LogP) is 1.81. The summed E-state index contributed by atoms with van der Waals surface area (Å²) in [5.74, 6) is 2.75. The lowest BCUT2D eigenvalue weighted by atomic mass is 10.1. The molecular weight excluding hydrogens is 330 g/mol. The molecule has 140 valence electrons. The molecule has 1 aromatic carbocycles. The van der Waals surface area contributed by atoms with E-state index in [0.717, 1.165) is 35.0 Å². The van der Waals surface area contributed by atoms with Gasteiger partial charge in [0.1, 0.15) is 5.82 Å². The maximum absolute atomic E-state index is 5.94. The van der Waals surface area contributed by atoms with Crippen LogP contribution in [-0.2, 0) is 13.0 Å². The number of nitrogens with zero attached hydrogens (tertiary/aromatic N) is 3. The van der Waals surface area contributed by atoms with Crippen LogP contribution in [-0.4, -0.2) is 45.8 Å². The molecule has 0 aliphatic rings. The number of rotatable bonds is 8. The Kier molecular flexibility index (Phi) is 7.08. The summed E-state index contributed by atoms with van der Waals surface area (Å²) in [6.07, 6.45) is 0.797. The normalized spacial score (nSPS) is 11.2. The number of benzene rings is 1. The highest BCUT2D eigenvalue weighted by Gasteiger charge is 2.04. The second kappa shape index (κ2) is 9.50. The number of aliphatic imine (C=N–C) groups is 1. The highest BCUT2D eigenvalue weighted by atomic mass is 16.5. The molecule has 1 heterocycles. The molecule has 2 rings (SSSR count). The van der Waals surface area contributed by atoms with Crippen LogP contribution in [0.25, 0.3) is 0 Å². The third-order valence-corrected chi connectivity index (χ3v) is 3.83. The van der Waals surface area contributed by atoms with Crippen molar-refractivity contribution in [3.05, 3.63) is 47.7 Å². The van der Waals surface area contributed by atoms with Gasteiger partial charge in [-0.1, -0.05) is 12.1 Å². The minimum atomic E-state index is 0.405. The van der Waals surface area contributed by atoms with Crippen LogP contribution in [0, 0.1) is 0 Å². The lowest BCUT2D eigenvalue weighted by molar-refractivity contribution is 0.354. The molecule has 0 spiro atoms. The summed E-state index contributed by atoms with van der Waals surface area (Å²) in [6, 6.07) is 11.7. The Morgan fingerprint density at radius 2 is 1.92 bits per heavy atom. The molecule has 0 aliphatic carbocycles. The summed E-state index contributed by atoms with van der Waals surface area (Å²) >= 11 is 0. The Bertz CT molecular complexity index is 746. The minimum Gasteiger partial charge on any atom is -0.493 e. The number of aromatic nitrogens is 1. The van der Waals surface area contributed by atoms with Gasteiger partial charge in [-0.25, -0.2) is 9.98 Å². The van der Waals surface area contributed by atoms with Gasteiger partial charge in [0, 0.05) is 20.6 Å². The highest BCUT2D eigenvalue weighted by Crippen LogP contribution is 2.27. The van der Waals surface area contributed by atoms with E-state index in [2.05, 4.69) is 15.3 Å². The van der Waals surface area contributed by atoms with Gasteiger partial charge in [0.15, 0.2) is 17.5 Å². The van der Waals surface area contributed by atoms with E-state index in [1.165, 1.54) is 0 Å².